The van der Waals surface area contributed by atoms with Crippen LogP contribution in [0.25, 0.3) is 0 Å². The fourth-order valence-corrected chi connectivity index (χ4v) is 2.04. The maximum absolute atomic E-state index is 9.75. The largest absolute Gasteiger partial charge is 0.390 e. The van der Waals surface area contributed by atoms with Gasteiger partial charge in [0.1, 0.15) is 0 Å². The van der Waals surface area contributed by atoms with Crippen LogP contribution >= 0.6 is 0 Å². The van der Waals surface area contributed by atoms with Gasteiger partial charge in [0, 0.05) is 0 Å². The molecule has 1 N–H and O–H groups in total. The van der Waals surface area contributed by atoms with Crippen LogP contribution in [0.15, 0.2) is 0 Å². The van der Waals surface area contributed by atoms with Crippen LogP contribution in [0.4, 0.5) is 0 Å². The number of hydrogen-bond donors (Lipinski definition) is 1. The van der Waals surface area contributed by atoms with E-state index in [0.29, 0.717) is 5.92 Å². The van der Waals surface area contributed by atoms with Crippen molar-refractivity contribution in [3.05, 3.63) is 0 Å². The summed E-state index contributed by atoms with van der Waals surface area (Å²) in [6.07, 6.45) is 2.40. The van der Waals surface area contributed by atoms with E-state index in [4.69, 9.17) is 0 Å². The average molecular weight is 156 g/mol. The van der Waals surface area contributed by atoms with E-state index in [2.05, 4.69) is 13.8 Å². The predicted molar refractivity (Wildman–Crippen MR) is 47.3 cm³/mol. The lowest BCUT2D eigenvalue weighted by Gasteiger charge is -2.25. The van der Waals surface area contributed by atoms with E-state index in [0.717, 1.165) is 11.8 Å². The second kappa shape index (κ2) is 2.78. The van der Waals surface area contributed by atoms with Crippen LogP contribution in [0.2, 0.25) is 0 Å². The van der Waals surface area contributed by atoms with Crippen molar-refractivity contribution in [3.8, 4) is 0 Å². The van der Waals surface area contributed by atoms with E-state index in [9.17, 15) is 5.11 Å². The van der Waals surface area contributed by atoms with Gasteiger partial charge in [0.2, 0.25) is 0 Å². The normalized spacial score (nSPS) is 39.5. The lowest BCUT2D eigenvalue weighted by atomic mass is 9.89. The van der Waals surface area contributed by atoms with E-state index in [1.54, 1.807) is 0 Å². The summed E-state index contributed by atoms with van der Waals surface area (Å²) >= 11 is 0. The van der Waals surface area contributed by atoms with E-state index in [-0.39, 0.29) is 0 Å². The fraction of sp³-hybridized carbons (Fsp3) is 1.00. The molecule has 0 aromatic rings. The van der Waals surface area contributed by atoms with Crippen LogP contribution in [0.5, 0.6) is 0 Å². The molecule has 0 aromatic carbocycles. The van der Waals surface area contributed by atoms with Crippen molar-refractivity contribution in [1.29, 1.82) is 0 Å². The van der Waals surface area contributed by atoms with Crippen molar-refractivity contribution in [2.75, 3.05) is 0 Å². The van der Waals surface area contributed by atoms with Gasteiger partial charge < -0.3 is 5.11 Å². The van der Waals surface area contributed by atoms with Crippen LogP contribution < -0.4 is 0 Å². The molecule has 0 bridgehead atoms. The Kier molecular flexibility index (Phi) is 2.29. The van der Waals surface area contributed by atoms with Gasteiger partial charge in [0.05, 0.1) is 5.60 Å². The molecule has 0 radical (unpaired) electrons. The molecule has 1 saturated carbocycles. The topological polar surface area (TPSA) is 20.2 Å². The highest BCUT2D eigenvalue weighted by Crippen LogP contribution is 2.40. The summed E-state index contributed by atoms with van der Waals surface area (Å²) < 4.78 is 0. The molecule has 1 rings (SSSR count). The minimum absolute atomic E-state index is 0.459. The van der Waals surface area contributed by atoms with Crippen molar-refractivity contribution in [1.82, 2.24) is 0 Å². The molecule has 3 atom stereocenters. The van der Waals surface area contributed by atoms with E-state index >= 15 is 0 Å². The molecule has 1 aliphatic carbocycles. The van der Waals surface area contributed by atoms with Crippen molar-refractivity contribution >= 4 is 0 Å². The Hall–Kier alpha value is -0.0400. The van der Waals surface area contributed by atoms with Crippen LogP contribution in [-0.2, 0) is 0 Å². The second-order valence-electron chi connectivity index (χ2n) is 4.78. The summed E-state index contributed by atoms with van der Waals surface area (Å²) in [7, 11) is 0. The molecule has 1 aliphatic rings. The first-order chi connectivity index (χ1) is 4.91. The molecule has 1 heteroatoms. The average Bonchev–Trinajstić information content (AvgIpc) is 2.11. The maximum Gasteiger partial charge on any atom is 0.0620 e. The van der Waals surface area contributed by atoms with Gasteiger partial charge in [-0.3, -0.25) is 0 Å². The number of hydrogen-bond acceptors (Lipinski definition) is 1. The number of rotatable bonds is 1. The molecule has 0 heterocycles. The van der Waals surface area contributed by atoms with Gasteiger partial charge in [-0.2, -0.15) is 0 Å². The molecule has 11 heavy (non-hydrogen) atoms. The van der Waals surface area contributed by atoms with Gasteiger partial charge in [0.25, 0.3) is 0 Å². The summed E-state index contributed by atoms with van der Waals surface area (Å²) in [5.41, 5.74) is -0.459. The molecular formula is C10H20O. The van der Waals surface area contributed by atoms with Gasteiger partial charge >= 0.3 is 0 Å². The molecule has 1 fully saturated rings. The van der Waals surface area contributed by atoms with Gasteiger partial charge in [-0.05, 0) is 44.4 Å². The first-order valence-corrected chi connectivity index (χ1v) is 4.63. The summed E-state index contributed by atoms with van der Waals surface area (Å²) in [4.78, 5) is 0. The summed E-state index contributed by atoms with van der Waals surface area (Å²) in [5, 5.41) is 9.75. The fourth-order valence-electron chi connectivity index (χ4n) is 2.04. The van der Waals surface area contributed by atoms with Crippen LogP contribution in [-0.4, -0.2) is 10.7 Å². The van der Waals surface area contributed by atoms with Gasteiger partial charge in [-0.25, -0.2) is 0 Å². The predicted octanol–water partition coefficient (Wildman–Crippen LogP) is 2.44. The maximum atomic E-state index is 9.75. The summed E-state index contributed by atoms with van der Waals surface area (Å²) in [5.74, 6) is 2.12. The van der Waals surface area contributed by atoms with Crippen molar-refractivity contribution < 1.29 is 5.11 Å². The molecule has 0 spiro atoms. The molecule has 1 nitrogen and oxygen atoms in total. The third kappa shape index (κ3) is 1.96. The number of aliphatic hydroxyl groups is 1. The molecular weight excluding hydrogens is 136 g/mol. The first-order valence-electron chi connectivity index (χ1n) is 4.63. The highest BCUT2D eigenvalue weighted by Gasteiger charge is 2.36. The van der Waals surface area contributed by atoms with Crippen LogP contribution in [0.1, 0.15) is 40.5 Å². The SMILES string of the molecule is C[C@@H]1CC(C(C)(C)O)C[C@@H]1C. The van der Waals surface area contributed by atoms with E-state index in [1.807, 2.05) is 13.8 Å². The smallest absolute Gasteiger partial charge is 0.0620 e. The van der Waals surface area contributed by atoms with Crippen LogP contribution in [0, 0.1) is 17.8 Å². The van der Waals surface area contributed by atoms with Crippen LogP contribution in [0.3, 0.4) is 0 Å². The van der Waals surface area contributed by atoms with E-state index in [1.165, 1.54) is 12.8 Å². The highest BCUT2D eigenvalue weighted by atomic mass is 16.3. The summed E-state index contributed by atoms with van der Waals surface area (Å²) in [6, 6.07) is 0. The van der Waals surface area contributed by atoms with E-state index < -0.39 is 5.60 Å². The quantitative estimate of drug-likeness (QED) is 0.618. The van der Waals surface area contributed by atoms with Gasteiger partial charge in [-0.1, -0.05) is 13.8 Å². The third-order valence-electron chi connectivity index (χ3n) is 3.28. The minimum Gasteiger partial charge on any atom is -0.390 e. The van der Waals surface area contributed by atoms with Crippen molar-refractivity contribution in [2.24, 2.45) is 17.8 Å². The molecule has 0 aliphatic heterocycles. The highest BCUT2D eigenvalue weighted by molar-refractivity contribution is 4.87. The molecule has 0 saturated heterocycles. The molecule has 0 amide bonds. The Morgan fingerprint density at radius 3 is 1.64 bits per heavy atom. The van der Waals surface area contributed by atoms with Crippen molar-refractivity contribution in [2.45, 2.75) is 46.1 Å². The zero-order valence-corrected chi connectivity index (χ0v) is 8.09. The van der Waals surface area contributed by atoms with Gasteiger partial charge in [-0.15, -0.1) is 0 Å². The Bertz CT molecular complexity index is 124. The lowest BCUT2D eigenvalue weighted by Crippen LogP contribution is -2.28. The van der Waals surface area contributed by atoms with Gasteiger partial charge in [0.15, 0.2) is 0 Å². The molecule has 0 aromatic heterocycles. The lowest BCUT2D eigenvalue weighted by molar-refractivity contribution is 0.0176. The molecule has 66 valence electrons. The molecule has 1 unspecified atom stereocenters. The zero-order valence-electron chi connectivity index (χ0n) is 8.09. The summed E-state index contributed by atoms with van der Waals surface area (Å²) in [6.45, 7) is 8.44. The first kappa shape index (κ1) is 9.05. The van der Waals surface area contributed by atoms with Crippen molar-refractivity contribution in [3.63, 3.8) is 0 Å². The zero-order chi connectivity index (χ0) is 8.65. The monoisotopic (exact) mass is 156 g/mol. The standard InChI is InChI=1S/C10H20O/c1-7-5-9(6-8(7)2)10(3,4)11/h7-9,11H,5-6H2,1-4H3/t7-,8+,9?. The third-order valence-corrected chi connectivity index (χ3v) is 3.28. The second-order valence-corrected chi connectivity index (χ2v) is 4.78. The Morgan fingerprint density at radius 2 is 1.45 bits per heavy atom. The Labute approximate surface area is 69.8 Å². The Balaban J connectivity index is 2.54. The minimum atomic E-state index is -0.459. The Morgan fingerprint density at radius 1 is 1.09 bits per heavy atom.